The van der Waals surface area contributed by atoms with E-state index in [2.05, 4.69) is 20.9 Å². The molecule has 0 aliphatic heterocycles. The number of amides is 3. The predicted octanol–water partition coefficient (Wildman–Crippen LogP) is 2.52. The lowest BCUT2D eigenvalue weighted by atomic mass is 9.99. The largest absolute Gasteiger partial charge is 0.480 e. The van der Waals surface area contributed by atoms with Gasteiger partial charge in [0, 0.05) is 23.5 Å². The Bertz CT molecular complexity index is 1340. The number of H-pyrrole nitrogens is 1. The van der Waals surface area contributed by atoms with Crippen LogP contribution in [0.1, 0.15) is 45.2 Å². The maximum absolute atomic E-state index is 13.5. The van der Waals surface area contributed by atoms with Crippen molar-refractivity contribution < 1.29 is 24.3 Å². The Labute approximate surface area is 240 Å². The lowest BCUT2D eigenvalue weighted by Gasteiger charge is -2.27. The van der Waals surface area contributed by atoms with E-state index < -0.39 is 47.9 Å². The van der Waals surface area contributed by atoms with Crippen molar-refractivity contribution in [3.63, 3.8) is 0 Å². The first kappa shape index (κ1) is 31.3. The SMILES string of the molecule is CC(C)CC(NC(=O)C(NC(=O)C(Cc1ccccc1)NC(=O)C(N)Cc1c[nH]c2ccccc12)C(C)C)C(=O)O. The first-order valence-electron chi connectivity index (χ1n) is 13.9. The van der Waals surface area contributed by atoms with Gasteiger partial charge in [-0.1, -0.05) is 76.2 Å². The second-order valence-electron chi connectivity index (χ2n) is 11.2. The molecule has 3 aromatic rings. The Balaban J connectivity index is 1.75. The zero-order valence-corrected chi connectivity index (χ0v) is 24.0. The summed E-state index contributed by atoms with van der Waals surface area (Å²) in [5.74, 6) is -3.10. The van der Waals surface area contributed by atoms with Crippen molar-refractivity contribution in [3.05, 3.63) is 71.9 Å². The van der Waals surface area contributed by atoms with Crippen LogP contribution < -0.4 is 21.7 Å². The summed E-state index contributed by atoms with van der Waals surface area (Å²) in [6, 6.07) is 12.9. The molecule has 4 unspecified atom stereocenters. The van der Waals surface area contributed by atoms with E-state index in [4.69, 9.17) is 5.73 Å². The van der Waals surface area contributed by atoms with E-state index in [9.17, 15) is 24.3 Å². The molecule has 41 heavy (non-hydrogen) atoms. The first-order valence-corrected chi connectivity index (χ1v) is 13.9. The maximum atomic E-state index is 13.5. The van der Waals surface area contributed by atoms with Crippen molar-refractivity contribution in [1.82, 2.24) is 20.9 Å². The summed E-state index contributed by atoms with van der Waals surface area (Å²) in [6.45, 7) is 7.24. The molecule has 0 radical (unpaired) electrons. The highest BCUT2D eigenvalue weighted by molar-refractivity contribution is 5.94. The molecule has 10 heteroatoms. The average Bonchev–Trinajstić information content (AvgIpc) is 3.33. The molecule has 2 aromatic carbocycles. The van der Waals surface area contributed by atoms with Crippen LogP contribution in [0.4, 0.5) is 0 Å². The molecule has 3 rings (SSSR count). The van der Waals surface area contributed by atoms with Gasteiger partial charge in [-0.2, -0.15) is 0 Å². The first-order chi connectivity index (χ1) is 19.5. The zero-order chi connectivity index (χ0) is 30.1. The van der Waals surface area contributed by atoms with Gasteiger partial charge in [-0.05, 0) is 41.9 Å². The van der Waals surface area contributed by atoms with Gasteiger partial charge in [0.25, 0.3) is 0 Å². The lowest BCUT2D eigenvalue weighted by Crippen LogP contribution is -2.59. The molecule has 0 aliphatic rings. The van der Waals surface area contributed by atoms with Crippen molar-refractivity contribution >= 4 is 34.6 Å². The van der Waals surface area contributed by atoms with E-state index >= 15 is 0 Å². The van der Waals surface area contributed by atoms with Crippen LogP contribution in [0.5, 0.6) is 0 Å². The number of para-hydroxylation sites is 1. The Morgan fingerprint density at radius 2 is 1.44 bits per heavy atom. The number of aromatic nitrogens is 1. The Hall–Kier alpha value is -4.18. The Morgan fingerprint density at radius 3 is 2.07 bits per heavy atom. The van der Waals surface area contributed by atoms with Crippen LogP contribution in [0.15, 0.2) is 60.8 Å². The number of hydrogen-bond donors (Lipinski definition) is 6. The highest BCUT2D eigenvalue weighted by Crippen LogP contribution is 2.19. The predicted molar refractivity (Wildman–Crippen MR) is 158 cm³/mol. The minimum atomic E-state index is -1.14. The third-order valence-electron chi connectivity index (χ3n) is 6.94. The Kier molecular flexibility index (Phi) is 11.0. The molecule has 3 amide bonds. The smallest absolute Gasteiger partial charge is 0.326 e. The molecular weight excluding hydrogens is 522 g/mol. The number of nitrogens with one attached hydrogen (secondary N) is 4. The Morgan fingerprint density at radius 1 is 0.805 bits per heavy atom. The highest BCUT2D eigenvalue weighted by atomic mass is 16.4. The molecule has 220 valence electrons. The number of aliphatic carboxylic acids is 1. The molecule has 0 saturated carbocycles. The monoisotopic (exact) mass is 563 g/mol. The number of nitrogens with two attached hydrogens (primary N) is 1. The standard InChI is InChI=1S/C31H41N5O5/c1-18(2)14-26(31(40)41)35-30(39)27(19(3)4)36-29(38)25(15-20-10-6-5-7-11-20)34-28(37)23(32)16-21-17-33-24-13-9-8-12-22(21)24/h5-13,17-19,23,25-27,33H,14-16,32H2,1-4H3,(H,34,37)(H,35,39)(H,36,38)(H,40,41). The molecule has 1 heterocycles. The van der Waals surface area contributed by atoms with Crippen LogP contribution in [0, 0.1) is 11.8 Å². The summed E-state index contributed by atoms with van der Waals surface area (Å²) in [5, 5.41) is 18.6. The van der Waals surface area contributed by atoms with E-state index in [1.807, 2.05) is 74.6 Å². The van der Waals surface area contributed by atoms with Gasteiger partial charge in [-0.25, -0.2) is 4.79 Å². The topological polar surface area (TPSA) is 166 Å². The molecule has 1 aromatic heterocycles. The van der Waals surface area contributed by atoms with E-state index in [-0.39, 0.29) is 31.1 Å². The molecule has 0 aliphatic carbocycles. The maximum Gasteiger partial charge on any atom is 0.326 e. The van der Waals surface area contributed by atoms with Crippen molar-refractivity contribution in [1.29, 1.82) is 0 Å². The van der Waals surface area contributed by atoms with Crippen LogP contribution in [0.25, 0.3) is 10.9 Å². The number of hydrogen-bond acceptors (Lipinski definition) is 5. The number of carboxylic acid groups (broad SMARTS) is 1. The molecule has 0 fully saturated rings. The van der Waals surface area contributed by atoms with Gasteiger partial charge in [-0.3, -0.25) is 14.4 Å². The zero-order valence-electron chi connectivity index (χ0n) is 24.0. The van der Waals surface area contributed by atoms with E-state index in [1.165, 1.54) is 0 Å². The average molecular weight is 564 g/mol. The van der Waals surface area contributed by atoms with E-state index in [0.717, 1.165) is 22.0 Å². The fraction of sp³-hybridized carbons (Fsp3) is 0.419. The number of carboxylic acids is 1. The summed E-state index contributed by atoms with van der Waals surface area (Å²) in [4.78, 5) is 54.8. The van der Waals surface area contributed by atoms with Crippen LogP contribution in [0.3, 0.4) is 0 Å². The number of aromatic amines is 1. The van der Waals surface area contributed by atoms with Gasteiger partial charge in [0.1, 0.15) is 18.1 Å². The van der Waals surface area contributed by atoms with Crippen molar-refractivity contribution in [2.45, 2.75) is 71.1 Å². The summed E-state index contributed by atoms with van der Waals surface area (Å²) in [5.41, 5.74) is 8.92. The van der Waals surface area contributed by atoms with Crippen LogP contribution >= 0.6 is 0 Å². The fourth-order valence-electron chi connectivity index (χ4n) is 4.71. The third-order valence-corrected chi connectivity index (χ3v) is 6.94. The van der Waals surface area contributed by atoms with Crippen LogP contribution in [0.2, 0.25) is 0 Å². The van der Waals surface area contributed by atoms with Crippen LogP contribution in [-0.2, 0) is 32.0 Å². The lowest BCUT2D eigenvalue weighted by molar-refractivity contribution is -0.143. The van der Waals surface area contributed by atoms with E-state index in [0.29, 0.717) is 0 Å². The van der Waals surface area contributed by atoms with Crippen LogP contribution in [-0.4, -0.2) is 57.9 Å². The van der Waals surface area contributed by atoms with Crippen molar-refractivity contribution in [2.75, 3.05) is 0 Å². The summed E-state index contributed by atoms with van der Waals surface area (Å²) in [6.07, 6.45) is 2.51. The fourth-order valence-corrected chi connectivity index (χ4v) is 4.71. The van der Waals surface area contributed by atoms with Crippen molar-refractivity contribution in [2.24, 2.45) is 17.6 Å². The second kappa shape index (κ2) is 14.5. The number of rotatable bonds is 14. The number of carbonyl (C=O) groups is 4. The van der Waals surface area contributed by atoms with Crippen molar-refractivity contribution in [3.8, 4) is 0 Å². The molecule has 10 nitrogen and oxygen atoms in total. The summed E-state index contributed by atoms with van der Waals surface area (Å²) in [7, 11) is 0. The highest BCUT2D eigenvalue weighted by Gasteiger charge is 2.32. The number of carbonyl (C=O) groups excluding carboxylic acids is 3. The number of fused-ring (bicyclic) bond motifs is 1. The van der Waals surface area contributed by atoms with Gasteiger partial charge in [0.15, 0.2) is 0 Å². The molecule has 7 N–H and O–H groups in total. The molecule has 4 atom stereocenters. The minimum Gasteiger partial charge on any atom is -0.480 e. The molecule has 0 spiro atoms. The molecule has 0 bridgehead atoms. The minimum absolute atomic E-state index is 0.0439. The van der Waals surface area contributed by atoms with E-state index in [1.54, 1.807) is 13.8 Å². The van der Waals surface area contributed by atoms with Gasteiger partial charge >= 0.3 is 5.97 Å². The molecular formula is C31H41N5O5. The number of benzene rings is 2. The summed E-state index contributed by atoms with van der Waals surface area (Å²) >= 11 is 0. The van der Waals surface area contributed by atoms with Gasteiger partial charge in [0.05, 0.1) is 6.04 Å². The second-order valence-corrected chi connectivity index (χ2v) is 11.2. The molecule has 0 saturated heterocycles. The third kappa shape index (κ3) is 8.91. The van der Waals surface area contributed by atoms with Gasteiger partial charge in [0.2, 0.25) is 17.7 Å². The van der Waals surface area contributed by atoms with Gasteiger partial charge < -0.3 is 31.8 Å². The summed E-state index contributed by atoms with van der Waals surface area (Å²) < 4.78 is 0. The normalized spacial score (nSPS) is 14.3. The van der Waals surface area contributed by atoms with Gasteiger partial charge in [-0.15, -0.1) is 0 Å². The quantitative estimate of drug-likeness (QED) is 0.176.